The van der Waals surface area contributed by atoms with Crippen LogP contribution < -0.4 is 5.32 Å². The molecule has 0 saturated carbocycles. The number of piperidine rings is 1. The van der Waals surface area contributed by atoms with Crippen LogP contribution in [0.5, 0.6) is 0 Å². The Kier molecular flexibility index (Phi) is 5.95. The molecule has 1 unspecified atom stereocenters. The summed E-state index contributed by atoms with van der Waals surface area (Å²) in [7, 11) is 4.36. The first-order valence-electron chi connectivity index (χ1n) is 7.72. The van der Waals surface area contributed by atoms with Crippen molar-refractivity contribution in [1.29, 1.82) is 0 Å². The molecule has 0 amide bonds. The molecule has 0 spiro atoms. The minimum atomic E-state index is 0.691. The van der Waals surface area contributed by atoms with E-state index < -0.39 is 0 Å². The number of hydrogen-bond donors (Lipinski definition) is 1. The lowest BCUT2D eigenvalue weighted by molar-refractivity contribution is 0.127. The molecule has 1 fully saturated rings. The highest BCUT2D eigenvalue weighted by Gasteiger charge is 2.21. The molecule has 4 nitrogen and oxygen atoms in total. The molecule has 2 rings (SSSR count). The van der Waals surface area contributed by atoms with Crippen LogP contribution in [0.3, 0.4) is 0 Å². The molecule has 0 aromatic carbocycles. The Labute approximate surface area is 123 Å². The van der Waals surface area contributed by atoms with Crippen molar-refractivity contribution in [2.75, 3.05) is 33.7 Å². The number of likely N-dealkylation sites (N-methyl/N-ethyl adjacent to an activating group) is 1. The lowest BCUT2D eigenvalue weighted by atomic mass is 10.0. The monoisotopic (exact) mass is 276 g/mol. The van der Waals surface area contributed by atoms with Gasteiger partial charge in [-0.2, -0.15) is 0 Å². The van der Waals surface area contributed by atoms with E-state index in [9.17, 15) is 0 Å². The van der Waals surface area contributed by atoms with Gasteiger partial charge in [0.25, 0.3) is 0 Å². The first-order chi connectivity index (χ1) is 9.69. The third-order valence-corrected chi connectivity index (χ3v) is 4.06. The molecule has 1 aromatic rings. The van der Waals surface area contributed by atoms with Gasteiger partial charge in [-0.25, -0.2) is 0 Å². The molecular formula is C16H28N4. The average Bonchev–Trinajstić information content (AvgIpc) is 2.47. The molecule has 112 valence electrons. The van der Waals surface area contributed by atoms with Crippen LogP contribution in [0.25, 0.3) is 0 Å². The van der Waals surface area contributed by atoms with Gasteiger partial charge in [0.1, 0.15) is 0 Å². The third-order valence-electron chi connectivity index (χ3n) is 4.06. The molecule has 1 saturated heterocycles. The van der Waals surface area contributed by atoms with E-state index in [0.29, 0.717) is 6.04 Å². The smallest absolute Gasteiger partial charge is 0.0544 e. The minimum absolute atomic E-state index is 0.691. The third kappa shape index (κ3) is 4.54. The zero-order chi connectivity index (χ0) is 14.4. The number of nitrogens with one attached hydrogen (secondary N) is 1. The zero-order valence-corrected chi connectivity index (χ0v) is 13.1. The largest absolute Gasteiger partial charge is 0.313 e. The Hall–Kier alpha value is -0.970. The molecule has 0 radical (unpaired) electrons. The van der Waals surface area contributed by atoms with Crippen molar-refractivity contribution in [1.82, 2.24) is 20.1 Å². The highest BCUT2D eigenvalue weighted by atomic mass is 15.2. The van der Waals surface area contributed by atoms with Gasteiger partial charge < -0.3 is 10.2 Å². The van der Waals surface area contributed by atoms with E-state index in [1.807, 2.05) is 6.20 Å². The van der Waals surface area contributed by atoms with Gasteiger partial charge in [0, 0.05) is 31.9 Å². The summed E-state index contributed by atoms with van der Waals surface area (Å²) in [4.78, 5) is 9.47. The van der Waals surface area contributed by atoms with E-state index in [1.54, 1.807) is 0 Å². The van der Waals surface area contributed by atoms with Crippen molar-refractivity contribution in [3.05, 3.63) is 29.6 Å². The van der Waals surface area contributed by atoms with E-state index in [2.05, 4.69) is 53.3 Å². The van der Waals surface area contributed by atoms with E-state index in [-0.39, 0.29) is 0 Å². The normalized spacial score (nSPS) is 20.5. The predicted octanol–water partition coefficient (Wildman–Crippen LogP) is 1.72. The van der Waals surface area contributed by atoms with Crippen LogP contribution in [-0.2, 0) is 13.1 Å². The van der Waals surface area contributed by atoms with Crippen molar-refractivity contribution in [3.8, 4) is 0 Å². The second-order valence-electron chi connectivity index (χ2n) is 5.93. The maximum Gasteiger partial charge on any atom is 0.0544 e. The fourth-order valence-electron chi connectivity index (χ4n) is 2.75. The summed E-state index contributed by atoms with van der Waals surface area (Å²) in [5, 5.41) is 3.33. The minimum Gasteiger partial charge on any atom is -0.313 e. The predicted molar refractivity (Wildman–Crippen MR) is 83.6 cm³/mol. The van der Waals surface area contributed by atoms with Crippen LogP contribution in [0.1, 0.15) is 31.0 Å². The summed E-state index contributed by atoms with van der Waals surface area (Å²) >= 11 is 0. The van der Waals surface area contributed by atoms with Crippen LogP contribution in [-0.4, -0.2) is 54.6 Å². The van der Waals surface area contributed by atoms with Crippen molar-refractivity contribution in [2.45, 2.75) is 38.9 Å². The second-order valence-corrected chi connectivity index (χ2v) is 5.93. The van der Waals surface area contributed by atoms with Gasteiger partial charge >= 0.3 is 0 Å². The molecule has 0 aliphatic carbocycles. The Balaban J connectivity index is 1.86. The van der Waals surface area contributed by atoms with E-state index >= 15 is 0 Å². The van der Waals surface area contributed by atoms with Crippen molar-refractivity contribution in [3.63, 3.8) is 0 Å². The molecule has 1 atom stereocenters. The summed E-state index contributed by atoms with van der Waals surface area (Å²) in [6.07, 6.45) is 4.62. The van der Waals surface area contributed by atoms with Crippen LogP contribution in [0.4, 0.5) is 0 Å². The first-order valence-corrected chi connectivity index (χ1v) is 7.72. The topological polar surface area (TPSA) is 31.4 Å². The number of aromatic nitrogens is 1. The Bertz CT molecular complexity index is 388. The molecule has 1 aromatic heterocycles. The zero-order valence-electron chi connectivity index (χ0n) is 13.1. The number of rotatable bonds is 6. The lowest BCUT2D eigenvalue weighted by Crippen LogP contribution is -2.44. The van der Waals surface area contributed by atoms with E-state index in [1.165, 1.54) is 30.6 Å². The number of pyridine rings is 1. The van der Waals surface area contributed by atoms with Gasteiger partial charge in [-0.15, -0.1) is 0 Å². The standard InChI is InChI=1S/C16H28N4/c1-4-17-10-14-7-8-15(18-11-14)12-20-9-5-6-16(13-20)19(2)3/h7-8,11,16-17H,4-6,9-10,12-13H2,1-3H3. The molecule has 0 bridgehead atoms. The van der Waals surface area contributed by atoms with Gasteiger partial charge in [-0.3, -0.25) is 9.88 Å². The maximum absolute atomic E-state index is 4.60. The average molecular weight is 276 g/mol. The molecule has 1 N–H and O–H groups in total. The van der Waals surface area contributed by atoms with Gasteiger partial charge in [0.05, 0.1) is 5.69 Å². The first kappa shape index (κ1) is 15.4. The van der Waals surface area contributed by atoms with Gasteiger partial charge in [0.2, 0.25) is 0 Å². The van der Waals surface area contributed by atoms with Gasteiger partial charge in [-0.05, 0) is 51.7 Å². The molecule has 2 heterocycles. The highest BCUT2D eigenvalue weighted by Crippen LogP contribution is 2.15. The molecule has 20 heavy (non-hydrogen) atoms. The van der Waals surface area contributed by atoms with E-state index in [0.717, 1.165) is 26.2 Å². The van der Waals surface area contributed by atoms with Crippen LogP contribution in [0.2, 0.25) is 0 Å². The Morgan fingerprint density at radius 1 is 1.40 bits per heavy atom. The van der Waals surface area contributed by atoms with Crippen molar-refractivity contribution < 1.29 is 0 Å². The fraction of sp³-hybridized carbons (Fsp3) is 0.688. The number of hydrogen-bond acceptors (Lipinski definition) is 4. The van der Waals surface area contributed by atoms with Crippen LogP contribution >= 0.6 is 0 Å². The van der Waals surface area contributed by atoms with Crippen LogP contribution in [0.15, 0.2) is 18.3 Å². The number of nitrogens with zero attached hydrogens (tertiary/aromatic N) is 3. The maximum atomic E-state index is 4.60. The Morgan fingerprint density at radius 3 is 2.90 bits per heavy atom. The summed E-state index contributed by atoms with van der Waals surface area (Å²) in [5.74, 6) is 0. The molecule has 1 aliphatic rings. The SMILES string of the molecule is CCNCc1ccc(CN2CCCC(N(C)C)C2)nc1. The summed E-state index contributed by atoms with van der Waals surface area (Å²) < 4.78 is 0. The van der Waals surface area contributed by atoms with E-state index in [4.69, 9.17) is 0 Å². The lowest BCUT2D eigenvalue weighted by Gasteiger charge is -2.35. The molecule has 1 aliphatic heterocycles. The summed E-state index contributed by atoms with van der Waals surface area (Å²) in [5.41, 5.74) is 2.45. The quantitative estimate of drug-likeness (QED) is 0.857. The van der Waals surface area contributed by atoms with Crippen LogP contribution in [0, 0.1) is 0 Å². The Morgan fingerprint density at radius 2 is 2.25 bits per heavy atom. The van der Waals surface area contributed by atoms with Gasteiger partial charge in [0.15, 0.2) is 0 Å². The van der Waals surface area contributed by atoms with Gasteiger partial charge in [-0.1, -0.05) is 13.0 Å². The fourth-order valence-corrected chi connectivity index (χ4v) is 2.75. The molecule has 4 heteroatoms. The van der Waals surface area contributed by atoms with Crippen molar-refractivity contribution in [2.24, 2.45) is 0 Å². The van der Waals surface area contributed by atoms with Crippen molar-refractivity contribution >= 4 is 0 Å². The summed E-state index contributed by atoms with van der Waals surface area (Å²) in [6, 6.07) is 5.06. The summed E-state index contributed by atoms with van der Waals surface area (Å²) in [6.45, 7) is 7.38. The highest BCUT2D eigenvalue weighted by molar-refractivity contribution is 5.14. The number of likely N-dealkylation sites (tertiary alicyclic amines) is 1. The second kappa shape index (κ2) is 7.72. The molecular weight excluding hydrogens is 248 g/mol.